The van der Waals surface area contributed by atoms with Gasteiger partial charge in [-0.15, -0.1) is 0 Å². The van der Waals surface area contributed by atoms with Crippen LogP contribution in [0.2, 0.25) is 0 Å². The summed E-state index contributed by atoms with van der Waals surface area (Å²) in [5.74, 6) is 0. The standard InChI is InChI=1S/C10H22N2O/c1-10(2)9-12(5-4-8-13)7-6-11(10)3/h13H,4-9H2,1-3H3. The maximum atomic E-state index is 8.74. The molecule has 0 spiro atoms. The van der Waals surface area contributed by atoms with Crippen LogP contribution in [0.5, 0.6) is 0 Å². The number of hydrogen-bond donors (Lipinski definition) is 1. The molecule has 0 aromatic carbocycles. The molecule has 13 heavy (non-hydrogen) atoms. The molecule has 0 aromatic rings. The Morgan fingerprint density at radius 2 is 2.00 bits per heavy atom. The summed E-state index contributed by atoms with van der Waals surface area (Å²) in [6.45, 7) is 9.29. The molecule has 3 heteroatoms. The first-order chi connectivity index (χ1) is 6.06. The number of rotatable bonds is 3. The first-order valence-corrected chi connectivity index (χ1v) is 5.11. The summed E-state index contributed by atoms with van der Waals surface area (Å²) in [6.07, 6.45) is 0.903. The predicted molar refractivity (Wildman–Crippen MR) is 54.9 cm³/mol. The fraction of sp³-hybridized carbons (Fsp3) is 1.00. The molecule has 0 atom stereocenters. The Bertz CT molecular complexity index is 157. The van der Waals surface area contributed by atoms with Crippen molar-refractivity contribution >= 4 is 0 Å². The van der Waals surface area contributed by atoms with Crippen LogP contribution < -0.4 is 0 Å². The molecule has 0 aliphatic carbocycles. The van der Waals surface area contributed by atoms with Gasteiger partial charge in [-0.05, 0) is 27.3 Å². The molecule has 1 aliphatic rings. The smallest absolute Gasteiger partial charge is 0.0443 e. The predicted octanol–water partition coefficient (Wildman–Crippen LogP) is 0.395. The molecule has 0 saturated carbocycles. The van der Waals surface area contributed by atoms with E-state index < -0.39 is 0 Å². The zero-order chi connectivity index (χ0) is 9.90. The van der Waals surface area contributed by atoms with Crippen LogP contribution in [0.4, 0.5) is 0 Å². The van der Waals surface area contributed by atoms with Gasteiger partial charge < -0.3 is 10.0 Å². The summed E-state index contributed by atoms with van der Waals surface area (Å²) in [6, 6.07) is 0. The average Bonchev–Trinajstić information content (AvgIpc) is 2.07. The van der Waals surface area contributed by atoms with Crippen molar-refractivity contribution in [2.24, 2.45) is 0 Å². The molecule has 3 nitrogen and oxygen atoms in total. The summed E-state index contributed by atoms with van der Waals surface area (Å²) >= 11 is 0. The Morgan fingerprint density at radius 1 is 1.31 bits per heavy atom. The molecular formula is C10H22N2O. The van der Waals surface area contributed by atoms with Crippen LogP contribution in [-0.2, 0) is 0 Å². The molecule has 0 radical (unpaired) electrons. The lowest BCUT2D eigenvalue weighted by atomic mass is 10.00. The van der Waals surface area contributed by atoms with E-state index in [-0.39, 0.29) is 5.54 Å². The largest absolute Gasteiger partial charge is 0.396 e. The SMILES string of the molecule is CN1CCN(CCCO)CC1(C)C. The molecule has 1 aliphatic heterocycles. The summed E-state index contributed by atoms with van der Waals surface area (Å²) in [5, 5.41) is 8.74. The molecule has 1 fully saturated rings. The second kappa shape index (κ2) is 4.40. The fourth-order valence-corrected chi connectivity index (χ4v) is 1.83. The zero-order valence-electron chi connectivity index (χ0n) is 9.08. The normalized spacial score (nSPS) is 24.9. The van der Waals surface area contributed by atoms with Crippen molar-refractivity contribution in [2.45, 2.75) is 25.8 Å². The maximum Gasteiger partial charge on any atom is 0.0443 e. The van der Waals surface area contributed by atoms with Crippen molar-refractivity contribution in [1.29, 1.82) is 0 Å². The minimum absolute atomic E-state index is 0.285. The summed E-state index contributed by atoms with van der Waals surface area (Å²) in [4.78, 5) is 4.85. The van der Waals surface area contributed by atoms with Gasteiger partial charge in [-0.25, -0.2) is 0 Å². The molecule has 0 aromatic heterocycles. The van der Waals surface area contributed by atoms with E-state index in [0.29, 0.717) is 6.61 Å². The van der Waals surface area contributed by atoms with E-state index in [4.69, 9.17) is 5.11 Å². The second-order valence-electron chi connectivity index (χ2n) is 4.59. The summed E-state index contributed by atoms with van der Waals surface area (Å²) < 4.78 is 0. The van der Waals surface area contributed by atoms with Crippen molar-refractivity contribution in [1.82, 2.24) is 9.80 Å². The monoisotopic (exact) mass is 186 g/mol. The van der Waals surface area contributed by atoms with Crippen LogP contribution in [0, 0.1) is 0 Å². The minimum Gasteiger partial charge on any atom is -0.396 e. The Hall–Kier alpha value is -0.120. The van der Waals surface area contributed by atoms with Crippen molar-refractivity contribution in [3.05, 3.63) is 0 Å². The van der Waals surface area contributed by atoms with E-state index in [0.717, 1.165) is 32.6 Å². The van der Waals surface area contributed by atoms with Gasteiger partial charge in [0, 0.05) is 38.3 Å². The maximum absolute atomic E-state index is 8.74. The van der Waals surface area contributed by atoms with Crippen molar-refractivity contribution in [2.75, 3.05) is 39.8 Å². The summed E-state index contributed by atoms with van der Waals surface area (Å²) in [5.41, 5.74) is 0.285. The van der Waals surface area contributed by atoms with Crippen LogP contribution in [0.15, 0.2) is 0 Å². The van der Waals surface area contributed by atoms with Gasteiger partial charge in [-0.2, -0.15) is 0 Å². The molecule has 0 bridgehead atoms. The third kappa shape index (κ3) is 2.93. The highest BCUT2D eigenvalue weighted by molar-refractivity contribution is 4.87. The number of aliphatic hydroxyl groups excluding tert-OH is 1. The number of nitrogens with zero attached hydrogens (tertiary/aromatic N) is 2. The lowest BCUT2D eigenvalue weighted by Crippen LogP contribution is -2.57. The van der Waals surface area contributed by atoms with E-state index in [1.54, 1.807) is 0 Å². The van der Waals surface area contributed by atoms with Crippen molar-refractivity contribution in [3.8, 4) is 0 Å². The highest BCUT2D eigenvalue weighted by Gasteiger charge is 2.30. The van der Waals surface area contributed by atoms with Gasteiger partial charge in [0.25, 0.3) is 0 Å². The quantitative estimate of drug-likeness (QED) is 0.691. The van der Waals surface area contributed by atoms with E-state index >= 15 is 0 Å². The Labute approximate surface area is 81.3 Å². The van der Waals surface area contributed by atoms with Gasteiger partial charge in [0.2, 0.25) is 0 Å². The number of hydrogen-bond acceptors (Lipinski definition) is 3. The van der Waals surface area contributed by atoms with Crippen LogP contribution in [-0.4, -0.2) is 60.3 Å². The Morgan fingerprint density at radius 3 is 2.54 bits per heavy atom. The van der Waals surface area contributed by atoms with Gasteiger partial charge >= 0.3 is 0 Å². The Balaban J connectivity index is 2.37. The van der Waals surface area contributed by atoms with E-state index in [1.165, 1.54) is 0 Å². The second-order valence-corrected chi connectivity index (χ2v) is 4.59. The van der Waals surface area contributed by atoms with Crippen molar-refractivity contribution < 1.29 is 5.11 Å². The first kappa shape index (κ1) is 11.0. The number of likely N-dealkylation sites (N-methyl/N-ethyl adjacent to an activating group) is 1. The van der Waals surface area contributed by atoms with Gasteiger partial charge in [-0.1, -0.05) is 0 Å². The van der Waals surface area contributed by atoms with Gasteiger partial charge in [0.05, 0.1) is 0 Å². The molecular weight excluding hydrogens is 164 g/mol. The third-order valence-corrected chi connectivity index (χ3v) is 3.03. The first-order valence-electron chi connectivity index (χ1n) is 5.11. The number of aliphatic hydroxyl groups is 1. The van der Waals surface area contributed by atoms with E-state index in [2.05, 4.69) is 30.7 Å². The highest BCUT2D eigenvalue weighted by Crippen LogP contribution is 2.18. The molecule has 0 unspecified atom stereocenters. The fourth-order valence-electron chi connectivity index (χ4n) is 1.83. The lowest BCUT2D eigenvalue weighted by Gasteiger charge is -2.45. The zero-order valence-corrected chi connectivity index (χ0v) is 9.08. The van der Waals surface area contributed by atoms with Gasteiger partial charge in [0.1, 0.15) is 0 Å². The summed E-state index contributed by atoms with van der Waals surface area (Å²) in [7, 11) is 2.18. The highest BCUT2D eigenvalue weighted by atomic mass is 16.3. The molecule has 1 saturated heterocycles. The van der Waals surface area contributed by atoms with Crippen LogP contribution in [0.25, 0.3) is 0 Å². The van der Waals surface area contributed by atoms with Gasteiger partial charge in [0.15, 0.2) is 0 Å². The van der Waals surface area contributed by atoms with Gasteiger partial charge in [-0.3, -0.25) is 4.90 Å². The van der Waals surface area contributed by atoms with E-state index in [9.17, 15) is 0 Å². The molecule has 0 amide bonds. The number of piperazine rings is 1. The molecule has 1 heterocycles. The average molecular weight is 186 g/mol. The Kier molecular flexibility index (Phi) is 3.71. The molecule has 1 N–H and O–H groups in total. The topological polar surface area (TPSA) is 26.7 Å². The third-order valence-electron chi connectivity index (χ3n) is 3.03. The lowest BCUT2D eigenvalue weighted by molar-refractivity contribution is 0.0372. The molecule has 1 rings (SSSR count). The minimum atomic E-state index is 0.285. The van der Waals surface area contributed by atoms with Crippen molar-refractivity contribution in [3.63, 3.8) is 0 Å². The van der Waals surface area contributed by atoms with Crippen LogP contribution >= 0.6 is 0 Å². The molecule has 78 valence electrons. The van der Waals surface area contributed by atoms with Crippen LogP contribution in [0.3, 0.4) is 0 Å². The van der Waals surface area contributed by atoms with Crippen LogP contribution in [0.1, 0.15) is 20.3 Å². The van der Waals surface area contributed by atoms with E-state index in [1.807, 2.05) is 0 Å².